The summed E-state index contributed by atoms with van der Waals surface area (Å²) in [6.07, 6.45) is 1.58. The third-order valence-corrected chi connectivity index (χ3v) is 7.40. The highest BCUT2D eigenvalue weighted by molar-refractivity contribution is 6.31. The largest absolute Gasteiger partial charge is 0.366 e. The molecule has 0 unspecified atom stereocenters. The zero-order valence-electron chi connectivity index (χ0n) is 20.2. The second-order valence-corrected chi connectivity index (χ2v) is 9.97. The van der Waals surface area contributed by atoms with Gasteiger partial charge in [0.05, 0.1) is 5.92 Å². The van der Waals surface area contributed by atoms with Gasteiger partial charge in [-0.3, -0.25) is 9.59 Å². The zero-order valence-corrected chi connectivity index (χ0v) is 21.0. The summed E-state index contributed by atoms with van der Waals surface area (Å²) < 4.78 is 0. The first-order valence-corrected chi connectivity index (χ1v) is 12.9. The van der Waals surface area contributed by atoms with Crippen molar-refractivity contribution in [2.45, 2.75) is 12.8 Å². The van der Waals surface area contributed by atoms with Crippen LogP contribution < -0.4 is 15.8 Å². The Kier molecular flexibility index (Phi) is 6.15. The lowest BCUT2D eigenvalue weighted by Gasteiger charge is -2.34. The molecular formula is C31H26ClN3O2. The third kappa shape index (κ3) is 4.47. The predicted molar refractivity (Wildman–Crippen MR) is 153 cm³/mol. The average Bonchev–Trinajstić information content (AvgIpc) is 2.93. The van der Waals surface area contributed by atoms with Crippen molar-refractivity contribution in [2.24, 2.45) is 5.92 Å². The maximum absolute atomic E-state index is 13.5. The van der Waals surface area contributed by atoms with Crippen LogP contribution in [0.3, 0.4) is 0 Å². The van der Waals surface area contributed by atoms with E-state index >= 15 is 0 Å². The van der Waals surface area contributed by atoms with Crippen LogP contribution in [-0.4, -0.2) is 24.0 Å². The number of nitrogens with zero attached hydrogens (tertiary/aromatic N) is 1. The highest BCUT2D eigenvalue weighted by Crippen LogP contribution is 2.37. The van der Waals surface area contributed by atoms with E-state index in [1.807, 2.05) is 84.9 Å². The van der Waals surface area contributed by atoms with E-state index in [9.17, 15) is 9.59 Å². The molecule has 1 atom stereocenters. The number of piperidine rings is 1. The van der Waals surface area contributed by atoms with E-state index in [2.05, 4.69) is 15.2 Å². The number of nitrogens with one attached hydrogen (secondary N) is 2. The van der Waals surface area contributed by atoms with E-state index < -0.39 is 0 Å². The third-order valence-electron chi connectivity index (χ3n) is 7.17. The van der Waals surface area contributed by atoms with Crippen LogP contribution >= 0.6 is 11.6 Å². The molecule has 1 amide bonds. The van der Waals surface area contributed by atoms with Crippen LogP contribution in [0.5, 0.6) is 0 Å². The first kappa shape index (κ1) is 23.3. The topological polar surface area (TPSA) is 65.2 Å². The molecule has 4 aromatic carbocycles. The summed E-state index contributed by atoms with van der Waals surface area (Å²) in [6, 6.07) is 29.4. The van der Waals surface area contributed by atoms with Crippen LogP contribution in [0.2, 0.25) is 5.02 Å². The highest BCUT2D eigenvalue weighted by atomic mass is 35.5. The standard InChI is InChI=1S/C31H26ClN3O2/c32-23-15-16-27-25(18-23)28(21-9-2-1-3-10-21)29(31(37)34-27)35-17-7-12-22(19-35)30(36)33-26-14-6-11-20-8-4-5-13-24(20)26/h1-6,8-11,13-16,18,22H,7,12,17,19H2,(H,33,36)(H,34,37)/t22-/m0/s1. The molecule has 1 aliphatic heterocycles. The molecule has 1 fully saturated rings. The minimum Gasteiger partial charge on any atom is -0.366 e. The fraction of sp³-hybridized carbons (Fsp3) is 0.161. The Morgan fingerprint density at radius 3 is 2.57 bits per heavy atom. The van der Waals surface area contributed by atoms with Crippen molar-refractivity contribution in [1.82, 2.24) is 4.98 Å². The molecule has 1 aromatic heterocycles. The first-order valence-electron chi connectivity index (χ1n) is 12.5. The van der Waals surface area contributed by atoms with Crippen molar-refractivity contribution < 1.29 is 4.79 Å². The molecule has 0 aliphatic carbocycles. The summed E-state index contributed by atoms with van der Waals surface area (Å²) in [6.45, 7) is 1.17. The lowest BCUT2D eigenvalue weighted by atomic mass is 9.93. The molecule has 0 spiro atoms. The molecule has 2 heterocycles. The normalized spacial score (nSPS) is 15.7. The molecule has 0 radical (unpaired) electrons. The molecule has 6 heteroatoms. The number of aromatic amines is 1. The molecule has 0 saturated carbocycles. The van der Waals surface area contributed by atoms with Gasteiger partial charge in [-0.2, -0.15) is 0 Å². The molecule has 2 N–H and O–H groups in total. The number of carbonyl (C=O) groups excluding carboxylic acids is 1. The van der Waals surface area contributed by atoms with Gasteiger partial charge < -0.3 is 15.2 Å². The van der Waals surface area contributed by atoms with Crippen molar-refractivity contribution in [3.63, 3.8) is 0 Å². The van der Waals surface area contributed by atoms with Crippen LogP contribution in [-0.2, 0) is 4.79 Å². The number of anilines is 2. The van der Waals surface area contributed by atoms with E-state index in [4.69, 9.17) is 11.6 Å². The zero-order chi connectivity index (χ0) is 25.4. The summed E-state index contributed by atoms with van der Waals surface area (Å²) >= 11 is 6.38. The van der Waals surface area contributed by atoms with Crippen molar-refractivity contribution in [2.75, 3.05) is 23.3 Å². The van der Waals surface area contributed by atoms with Gasteiger partial charge in [0.1, 0.15) is 5.69 Å². The number of rotatable bonds is 4. The van der Waals surface area contributed by atoms with Gasteiger partial charge in [-0.05, 0) is 48.1 Å². The monoisotopic (exact) mass is 507 g/mol. The molecular weight excluding hydrogens is 482 g/mol. The fourth-order valence-corrected chi connectivity index (χ4v) is 5.59. The molecule has 37 heavy (non-hydrogen) atoms. The number of fused-ring (bicyclic) bond motifs is 2. The Hall–Kier alpha value is -4.09. The fourth-order valence-electron chi connectivity index (χ4n) is 5.42. The van der Waals surface area contributed by atoms with Gasteiger partial charge in [0.25, 0.3) is 5.56 Å². The Morgan fingerprint density at radius 2 is 1.70 bits per heavy atom. The molecule has 1 saturated heterocycles. The number of aromatic nitrogens is 1. The number of pyridine rings is 1. The highest BCUT2D eigenvalue weighted by Gasteiger charge is 2.30. The number of H-pyrrole nitrogens is 1. The minimum atomic E-state index is -0.245. The van der Waals surface area contributed by atoms with E-state index in [0.29, 0.717) is 23.8 Å². The van der Waals surface area contributed by atoms with Gasteiger partial charge in [0.15, 0.2) is 0 Å². The van der Waals surface area contributed by atoms with Crippen LogP contribution in [0, 0.1) is 5.92 Å². The molecule has 0 bridgehead atoms. The molecule has 5 aromatic rings. The number of hydrogen-bond acceptors (Lipinski definition) is 3. The first-order chi connectivity index (χ1) is 18.1. The number of benzene rings is 4. The van der Waals surface area contributed by atoms with Crippen molar-refractivity contribution in [3.8, 4) is 11.1 Å². The summed E-state index contributed by atoms with van der Waals surface area (Å²) in [7, 11) is 0. The minimum absolute atomic E-state index is 0.0254. The van der Waals surface area contributed by atoms with E-state index in [1.54, 1.807) is 6.07 Å². The number of hydrogen-bond donors (Lipinski definition) is 2. The number of carbonyl (C=O) groups is 1. The molecule has 6 rings (SSSR count). The summed E-state index contributed by atoms with van der Waals surface area (Å²) in [5, 5.41) is 6.74. The summed E-state index contributed by atoms with van der Waals surface area (Å²) in [5.41, 5.74) is 3.75. The maximum atomic E-state index is 13.5. The molecule has 1 aliphatic rings. The van der Waals surface area contributed by atoms with Crippen LogP contribution in [0.25, 0.3) is 32.8 Å². The Bertz CT molecular complexity index is 1670. The van der Waals surface area contributed by atoms with Gasteiger partial charge >= 0.3 is 0 Å². The molecule has 184 valence electrons. The second kappa shape index (κ2) is 9.75. The molecule has 5 nitrogen and oxygen atoms in total. The van der Waals surface area contributed by atoms with Gasteiger partial charge in [-0.25, -0.2) is 0 Å². The van der Waals surface area contributed by atoms with Gasteiger partial charge in [0.2, 0.25) is 5.91 Å². The maximum Gasteiger partial charge on any atom is 0.272 e. The Balaban J connectivity index is 1.37. The van der Waals surface area contributed by atoms with Crippen molar-refractivity contribution in [3.05, 3.63) is 106 Å². The number of amides is 1. The Labute approximate surface area is 219 Å². The smallest absolute Gasteiger partial charge is 0.272 e. The lowest BCUT2D eigenvalue weighted by molar-refractivity contribution is -0.120. The van der Waals surface area contributed by atoms with Crippen LogP contribution in [0.1, 0.15) is 12.8 Å². The van der Waals surface area contributed by atoms with Crippen LogP contribution in [0.4, 0.5) is 11.4 Å². The van der Waals surface area contributed by atoms with E-state index in [-0.39, 0.29) is 17.4 Å². The van der Waals surface area contributed by atoms with E-state index in [1.165, 1.54) is 0 Å². The average molecular weight is 508 g/mol. The van der Waals surface area contributed by atoms with Crippen molar-refractivity contribution in [1.29, 1.82) is 0 Å². The van der Waals surface area contributed by atoms with E-state index in [0.717, 1.165) is 51.3 Å². The van der Waals surface area contributed by atoms with Crippen molar-refractivity contribution >= 4 is 50.6 Å². The Morgan fingerprint density at radius 1 is 0.919 bits per heavy atom. The number of halogens is 1. The summed E-state index contributed by atoms with van der Waals surface area (Å²) in [4.78, 5) is 32.0. The van der Waals surface area contributed by atoms with Gasteiger partial charge in [-0.15, -0.1) is 0 Å². The lowest BCUT2D eigenvalue weighted by Crippen LogP contribution is -2.43. The SMILES string of the molecule is O=C(Nc1cccc2ccccc12)[C@H]1CCCN(c2c(-c3ccccc3)c3cc(Cl)ccc3[nH]c2=O)C1. The summed E-state index contributed by atoms with van der Waals surface area (Å²) in [5.74, 6) is -0.270. The predicted octanol–water partition coefficient (Wildman–Crippen LogP) is 6.86. The second-order valence-electron chi connectivity index (χ2n) is 9.53. The van der Waals surface area contributed by atoms with Gasteiger partial charge in [-0.1, -0.05) is 78.3 Å². The van der Waals surface area contributed by atoms with Gasteiger partial charge in [0, 0.05) is 45.7 Å². The van der Waals surface area contributed by atoms with Crippen LogP contribution in [0.15, 0.2) is 95.8 Å². The quantitative estimate of drug-likeness (QED) is 0.279.